The Balaban J connectivity index is 1.80. The second-order valence-electron chi connectivity index (χ2n) is 6.97. The molecule has 29 heavy (non-hydrogen) atoms. The molecule has 0 fully saturated rings. The molecule has 0 spiro atoms. The van der Waals surface area contributed by atoms with Crippen LogP contribution in [0.1, 0.15) is 36.9 Å². The summed E-state index contributed by atoms with van der Waals surface area (Å²) >= 11 is 5.58. The molecule has 2 aromatic carbocycles. The first-order valence-electron chi connectivity index (χ1n) is 9.43. The molecular weight excluding hydrogens is 387 g/mol. The van der Waals surface area contributed by atoms with Gasteiger partial charge < -0.3 is 14.7 Å². The second-order valence-corrected chi connectivity index (χ2v) is 7.35. The molecule has 0 saturated heterocycles. The van der Waals surface area contributed by atoms with E-state index in [0.717, 1.165) is 23.4 Å². The van der Waals surface area contributed by atoms with Crippen LogP contribution in [0.4, 0.5) is 4.39 Å². The summed E-state index contributed by atoms with van der Waals surface area (Å²) < 4.78 is 18.9. The first kappa shape index (κ1) is 19.3. The molecule has 7 heteroatoms. The number of allylic oxidation sites excluding steroid dienone is 1. The Hall–Kier alpha value is -3.06. The van der Waals surface area contributed by atoms with E-state index in [1.807, 2.05) is 18.7 Å². The molecular formula is C22H21FN4OS. The van der Waals surface area contributed by atoms with Crippen molar-refractivity contribution in [3.8, 4) is 11.4 Å². The van der Waals surface area contributed by atoms with Crippen LogP contribution in [0.15, 0.2) is 58.8 Å². The maximum absolute atomic E-state index is 13.2. The van der Waals surface area contributed by atoms with Gasteiger partial charge in [0.2, 0.25) is 5.82 Å². The van der Waals surface area contributed by atoms with Crippen molar-refractivity contribution in [1.29, 1.82) is 0 Å². The Morgan fingerprint density at radius 1 is 1.10 bits per heavy atom. The van der Waals surface area contributed by atoms with Crippen molar-refractivity contribution >= 4 is 22.9 Å². The second kappa shape index (κ2) is 7.75. The number of rotatable bonds is 4. The average Bonchev–Trinajstić information content (AvgIpc) is 3.18. The van der Waals surface area contributed by atoms with Gasteiger partial charge in [0.15, 0.2) is 5.11 Å². The Bertz CT molecular complexity index is 1070. The standard InChI is InChI=1S/C22H21FN4OS/c1-4-27-14(3)18(19(24-22(27)29)15-7-5-13(2)6-8-15)21-25-20(26-28-21)16-9-11-17(23)12-10-16/h5-12,19H,4H2,1-3H3,(H,24,29). The van der Waals surface area contributed by atoms with Crippen LogP contribution in [0.3, 0.4) is 0 Å². The van der Waals surface area contributed by atoms with Crippen LogP contribution in [0, 0.1) is 12.7 Å². The van der Waals surface area contributed by atoms with Gasteiger partial charge in [0.05, 0.1) is 11.6 Å². The zero-order chi connectivity index (χ0) is 20.5. The quantitative estimate of drug-likeness (QED) is 0.622. The Morgan fingerprint density at radius 3 is 2.45 bits per heavy atom. The number of aryl methyl sites for hydroxylation is 1. The van der Waals surface area contributed by atoms with Crippen molar-refractivity contribution < 1.29 is 8.91 Å². The minimum atomic E-state index is -0.306. The smallest absolute Gasteiger partial charge is 0.258 e. The SMILES string of the molecule is CCN1C(=S)NC(c2ccc(C)cc2)C(c2nc(-c3ccc(F)cc3)no2)=C1C. The number of aromatic nitrogens is 2. The fourth-order valence-corrected chi connectivity index (χ4v) is 3.88. The Morgan fingerprint density at radius 2 is 1.79 bits per heavy atom. The maximum atomic E-state index is 13.2. The number of nitrogens with one attached hydrogen (secondary N) is 1. The molecule has 1 unspecified atom stereocenters. The van der Waals surface area contributed by atoms with Crippen LogP contribution < -0.4 is 5.32 Å². The van der Waals surface area contributed by atoms with Crippen molar-refractivity contribution in [1.82, 2.24) is 20.4 Å². The zero-order valence-corrected chi connectivity index (χ0v) is 17.3. The molecule has 5 nitrogen and oxygen atoms in total. The van der Waals surface area contributed by atoms with Crippen LogP contribution in [0.2, 0.25) is 0 Å². The highest BCUT2D eigenvalue weighted by molar-refractivity contribution is 7.80. The van der Waals surface area contributed by atoms with Gasteiger partial charge in [-0.25, -0.2) is 4.39 Å². The number of hydrogen-bond donors (Lipinski definition) is 1. The minimum absolute atomic E-state index is 0.201. The molecule has 0 saturated carbocycles. The maximum Gasteiger partial charge on any atom is 0.258 e. The summed E-state index contributed by atoms with van der Waals surface area (Å²) in [7, 11) is 0. The summed E-state index contributed by atoms with van der Waals surface area (Å²) in [6.07, 6.45) is 0. The monoisotopic (exact) mass is 408 g/mol. The van der Waals surface area contributed by atoms with Gasteiger partial charge in [-0.1, -0.05) is 35.0 Å². The Kier molecular flexibility index (Phi) is 5.15. The van der Waals surface area contributed by atoms with E-state index in [9.17, 15) is 4.39 Å². The summed E-state index contributed by atoms with van der Waals surface area (Å²) in [6.45, 7) is 6.82. The van der Waals surface area contributed by atoms with Crippen LogP contribution in [0.5, 0.6) is 0 Å². The third-order valence-electron chi connectivity index (χ3n) is 5.08. The first-order chi connectivity index (χ1) is 14.0. The van der Waals surface area contributed by atoms with E-state index in [4.69, 9.17) is 16.7 Å². The predicted molar refractivity (Wildman–Crippen MR) is 114 cm³/mol. The molecule has 1 N–H and O–H groups in total. The zero-order valence-electron chi connectivity index (χ0n) is 16.4. The highest BCUT2D eigenvalue weighted by Gasteiger charge is 2.33. The Labute approximate surface area is 174 Å². The molecule has 2 heterocycles. The first-order valence-corrected chi connectivity index (χ1v) is 9.84. The van der Waals surface area contributed by atoms with Crippen molar-refractivity contribution in [3.05, 3.63) is 77.1 Å². The number of benzene rings is 2. The summed E-state index contributed by atoms with van der Waals surface area (Å²) in [4.78, 5) is 6.61. The number of thiocarbonyl (C=S) groups is 1. The third-order valence-corrected chi connectivity index (χ3v) is 5.42. The van der Waals surface area contributed by atoms with Crippen molar-refractivity contribution in [2.24, 2.45) is 0 Å². The molecule has 0 bridgehead atoms. The lowest BCUT2D eigenvalue weighted by Crippen LogP contribution is -2.45. The van der Waals surface area contributed by atoms with Crippen LogP contribution in [-0.4, -0.2) is 26.7 Å². The van der Waals surface area contributed by atoms with Gasteiger partial charge in [-0.2, -0.15) is 4.98 Å². The lowest BCUT2D eigenvalue weighted by atomic mass is 9.94. The molecule has 0 radical (unpaired) electrons. The number of halogens is 1. The fourth-order valence-electron chi connectivity index (χ4n) is 3.50. The topological polar surface area (TPSA) is 54.2 Å². The summed E-state index contributed by atoms with van der Waals surface area (Å²) in [5.74, 6) is 0.527. The van der Waals surface area contributed by atoms with Gasteiger partial charge in [0, 0.05) is 17.8 Å². The van der Waals surface area contributed by atoms with E-state index < -0.39 is 0 Å². The molecule has 3 aromatic rings. The van der Waals surface area contributed by atoms with E-state index in [-0.39, 0.29) is 11.9 Å². The van der Waals surface area contributed by atoms with Crippen LogP contribution in [-0.2, 0) is 0 Å². The molecule has 1 atom stereocenters. The van der Waals surface area contributed by atoms with E-state index in [1.54, 1.807) is 12.1 Å². The number of nitrogens with zero attached hydrogens (tertiary/aromatic N) is 3. The van der Waals surface area contributed by atoms with E-state index in [0.29, 0.717) is 22.4 Å². The van der Waals surface area contributed by atoms with Gasteiger partial charge in [-0.05, 0) is 62.8 Å². The number of hydrogen-bond acceptors (Lipinski definition) is 4. The van der Waals surface area contributed by atoms with Crippen LogP contribution >= 0.6 is 12.2 Å². The van der Waals surface area contributed by atoms with Crippen molar-refractivity contribution in [3.63, 3.8) is 0 Å². The summed E-state index contributed by atoms with van der Waals surface area (Å²) in [5.41, 5.74) is 4.78. The largest absolute Gasteiger partial charge is 0.351 e. The highest BCUT2D eigenvalue weighted by Crippen LogP contribution is 2.37. The van der Waals surface area contributed by atoms with E-state index in [1.165, 1.54) is 17.7 Å². The lowest BCUT2D eigenvalue weighted by molar-refractivity contribution is 0.398. The van der Waals surface area contributed by atoms with Crippen molar-refractivity contribution in [2.45, 2.75) is 26.8 Å². The molecule has 148 valence electrons. The van der Waals surface area contributed by atoms with Crippen LogP contribution in [0.25, 0.3) is 17.0 Å². The fraction of sp³-hybridized carbons (Fsp3) is 0.227. The molecule has 0 aliphatic carbocycles. The van der Waals surface area contributed by atoms with Gasteiger partial charge in [-0.15, -0.1) is 0 Å². The van der Waals surface area contributed by atoms with Gasteiger partial charge in [-0.3, -0.25) is 0 Å². The normalized spacial score (nSPS) is 16.9. The lowest BCUT2D eigenvalue weighted by Gasteiger charge is -2.36. The summed E-state index contributed by atoms with van der Waals surface area (Å²) in [6, 6.07) is 14.1. The van der Waals surface area contributed by atoms with Gasteiger partial charge in [0.25, 0.3) is 5.89 Å². The third kappa shape index (κ3) is 3.65. The van der Waals surface area contributed by atoms with E-state index in [2.05, 4.69) is 46.6 Å². The molecule has 1 aliphatic heterocycles. The molecule has 1 aromatic heterocycles. The predicted octanol–water partition coefficient (Wildman–Crippen LogP) is 4.87. The van der Waals surface area contributed by atoms with Crippen molar-refractivity contribution in [2.75, 3.05) is 6.54 Å². The average molecular weight is 409 g/mol. The van der Waals surface area contributed by atoms with Gasteiger partial charge >= 0.3 is 0 Å². The molecule has 4 rings (SSSR count). The van der Waals surface area contributed by atoms with Gasteiger partial charge in [0.1, 0.15) is 5.82 Å². The van der Waals surface area contributed by atoms with E-state index >= 15 is 0 Å². The molecule has 0 amide bonds. The minimum Gasteiger partial charge on any atom is -0.351 e. The molecule has 1 aliphatic rings. The summed E-state index contributed by atoms with van der Waals surface area (Å²) in [5, 5.41) is 8.19. The highest BCUT2D eigenvalue weighted by atomic mass is 32.1.